The molecule has 1 atom stereocenters. The number of carbonyl (C=O) groups is 1. The minimum absolute atomic E-state index is 0.243. The van der Waals surface area contributed by atoms with Crippen LogP contribution in [0.15, 0.2) is 24.4 Å². The highest BCUT2D eigenvalue weighted by Crippen LogP contribution is 2.39. The summed E-state index contributed by atoms with van der Waals surface area (Å²) >= 11 is 0. The summed E-state index contributed by atoms with van der Waals surface area (Å²) in [6.45, 7) is 2.09. The molecule has 3 aromatic heterocycles. The van der Waals surface area contributed by atoms with E-state index in [9.17, 15) is 0 Å². The summed E-state index contributed by atoms with van der Waals surface area (Å²) in [5.74, 6) is 2.92. The van der Waals surface area contributed by atoms with Crippen LogP contribution >= 0.6 is 0 Å². The lowest BCUT2D eigenvalue weighted by Crippen LogP contribution is -2.25. The molecule has 0 radical (unpaired) electrons. The number of methoxy groups -OCH3 is 2. The van der Waals surface area contributed by atoms with Crippen LogP contribution in [0.4, 0.5) is 17.6 Å². The van der Waals surface area contributed by atoms with E-state index in [0.29, 0.717) is 18.3 Å². The molecule has 10 nitrogen and oxygen atoms in total. The first kappa shape index (κ1) is 22.1. The van der Waals surface area contributed by atoms with Gasteiger partial charge in [0.2, 0.25) is 5.95 Å². The van der Waals surface area contributed by atoms with Crippen molar-refractivity contribution in [2.45, 2.75) is 31.3 Å². The number of H-pyrrole nitrogens is 1. The molecule has 164 valence electrons. The molecule has 1 saturated heterocycles. The van der Waals surface area contributed by atoms with Crippen LogP contribution in [0, 0.1) is 12.8 Å². The maximum Gasteiger partial charge on any atom is 0.292 e. The van der Waals surface area contributed by atoms with E-state index in [0.717, 1.165) is 36.7 Å². The van der Waals surface area contributed by atoms with Gasteiger partial charge in [-0.15, -0.1) is 17.9 Å². The average Bonchev–Trinajstić information content (AvgIpc) is 3.21. The Kier molecular flexibility index (Phi) is 7.45. The van der Waals surface area contributed by atoms with Gasteiger partial charge < -0.3 is 19.7 Å². The Morgan fingerprint density at radius 3 is 2.71 bits per heavy atom. The fourth-order valence-corrected chi connectivity index (χ4v) is 3.38. The van der Waals surface area contributed by atoms with Crippen LogP contribution in [0.5, 0.6) is 0 Å². The fraction of sp³-hybridized carbons (Fsp3) is 0.429. The van der Waals surface area contributed by atoms with Gasteiger partial charge >= 0.3 is 0 Å². The van der Waals surface area contributed by atoms with Crippen LogP contribution in [-0.4, -0.2) is 64.7 Å². The molecule has 3 aromatic rings. The monoisotopic (exact) mass is 425 g/mol. The van der Waals surface area contributed by atoms with Gasteiger partial charge in [0.1, 0.15) is 5.52 Å². The molecule has 2 aliphatic rings. The molecule has 5 rings (SSSR count). The van der Waals surface area contributed by atoms with E-state index in [1.165, 1.54) is 25.6 Å². The van der Waals surface area contributed by atoms with Gasteiger partial charge in [0, 0.05) is 44.1 Å². The number of aromatic amines is 1. The lowest BCUT2D eigenvalue weighted by molar-refractivity contribution is -0.126. The SMILES string of the molecule is C#C.COC=O.CO[C@@H]1CCN(c2nc(Nc3cc(C4CC4)[nH]n3)c3cccn3n2)C1. The number of ether oxygens (including phenoxy) is 2. The standard InChI is InChI=1S/C17H21N7O.C2H4O2.C2H2/c1-25-12-6-8-23(10-12)17-19-16(14-3-2-7-24(14)22-17)18-15-9-13(20-21-15)11-4-5-11;1-4-2-3;1-2/h2-3,7,9,11-12H,4-6,8,10H2,1H3,(H2,18,19,20,21,22);2H,1H3;1-2H/t12-;;/m1../s1. The third kappa shape index (κ3) is 5.32. The van der Waals surface area contributed by atoms with Crippen molar-refractivity contribution in [1.29, 1.82) is 0 Å². The zero-order valence-corrected chi connectivity index (χ0v) is 17.7. The number of aromatic nitrogens is 5. The first-order valence-corrected chi connectivity index (χ1v) is 9.97. The van der Waals surface area contributed by atoms with E-state index < -0.39 is 0 Å². The molecule has 2 N–H and O–H groups in total. The molecular weight excluding hydrogens is 398 g/mol. The summed E-state index contributed by atoms with van der Waals surface area (Å²) in [5.41, 5.74) is 2.13. The Labute approximate surface area is 180 Å². The second-order valence-corrected chi connectivity index (χ2v) is 7.13. The van der Waals surface area contributed by atoms with Gasteiger partial charge in [-0.05, 0) is 31.4 Å². The quantitative estimate of drug-likeness (QED) is 0.457. The van der Waals surface area contributed by atoms with Crippen molar-refractivity contribution in [3.05, 3.63) is 30.1 Å². The Bertz CT molecular complexity index is 1010. The molecule has 0 aromatic carbocycles. The third-order valence-electron chi connectivity index (χ3n) is 5.10. The van der Waals surface area contributed by atoms with E-state index in [2.05, 4.69) is 49.2 Å². The van der Waals surface area contributed by atoms with Gasteiger partial charge in [-0.2, -0.15) is 10.1 Å². The average molecular weight is 425 g/mol. The molecule has 0 spiro atoms. The van der Waals surface area contributed by atoms with Crippen molar-refractivity contribution >= 4 is 29.6 Å². The van der Waals surface area contributed by atoms with Crippen LogP contribution in [-0.2, 0) is 14.3 Å². The largest absolute Gasteiger partial charge is 0.471 e. The molecular formula is C21H27N7O3. The third-order valence-corrected chi connectivity index (χ3v) is 5.10. The van der Waals surface area contributed by atoms with E-state index in [1.807, 2.05) is 22.8 Å². The van der Waals surface area contributed by atoms with Crippen LogP contribution < -0.4 is 10.2 Å². The predicted octanol–water partition coefficient (Wildman–Crippen LogP) is 2.34. The van der Waals surface area contributed by atoms with Crippen LogP contribution in [0.3, 0.4) is 0 Å². The van der Waals surface area contributed by atoms with Crippen molar-refractivity contribution < 1.29 is 14.3 Å². The van der Waals surface area contributed by atoms with Gasteiger partial charge in [-0.3, -0.25) is 9.89 Å². The first-order chi connectivity index (χ1) is 15.2. The Hall–Kier alpha value is -3.58. The van der Waals surface area contributed by atoms with Crippen molar-refractivity contribution in [2.75, 3.05) is 37.5 Å². The van der Waals surface area contributed by atoms with E-state index >= 15 is 0 Å². The number of hydrogen-bond acceptors (Lipinski definition) is 8. The van der Waals surface area contributed by atoms with Crippen LogP contribution in [0.2, 0.25) is 0 Å². The van der Waals surface area contributed by atoms with Crippen molar-refractivity contribution in [2.24, 2.45) is 0 Å². The lowest BCUT2D eigenvalue weighted by Gasteiger charge is -2.17. The van der Waals surface area contributed by atoms with E-state index in [4.69, 9.17) is 14.5 Å². The normalized spacial score (nSPS) is 17.3. The molecule has 31 heavy (non-hydrogen) atoms. The molecule has 4 heterocycles. The zero-order chi connectivity index (χ0) is 22.2. The number of terminal acetylenes is 1. The summed E-state index contributed by atoms with van der Waals surface area (Å²) in [7, 11) is 3.07. The van der Waals surface area contributed by atoms with Crippen molar-refractivity contribution in [1.82, 2.24) is 24.8 Å². The van der Waals surface area contributed by atoms with Gasteiger partial charge in [0.25, 0.3) is 6.47 Å². The second-order valence-electron chi connectivity index (χ2n) is 7.13. The maximum absolute atomic E-state index is 8.95. The molecule has 10 heteroatoms. The molecule has 1 aliphatic carbocycles. The number of fused-ring (bicyclic) bond motifs is 1. The smallest absolute Gasteiger partial charge is 0.292 e. The number of hydrogen-bond donors (Lipinski definition) is 2. The summed E-state index contributed by atoms with van der Waals surface area (Å²) in [6, 6.07) is 6.05. The number of nitrogens with one attached hydrogen (secondary N) is 2. The van der Waals surface area contributed by atoms with Crippen LogP contribution in [0.1, 0.15) is 30.9 Å². The highest BCUT2D eigenvalue weighted by Gasteiger charge is 2.27. The van der Waals surface area contributed by atoms with Gasteiger partial charge in [0.15, 0.2) is 11.6 Å². The Morgan fingerprint density at radius 2 is 2.06 bits per heavy atom. The maximum atomic E-state index is 8.95. The highest BCUT2D eigenvalue weighted by atomic mass is 16.5. The molecule has 1 saturated carbocycles. The molecule has 0 amide bonds. The minimum atomic E-state index is 0.243. The lowest BCUT2D eigenvalue weighted by atomic mass is 10.3. The number of nitrogens with zero attached hydrogens (tertiary/aromatic N) is 5. The van der Waals surface area contributed by atoms with Gasteiger partial charge in [-0.25, -0.2) is 4.52 Å². The van der Waals surface area contributed by atoms with Gasteiger partial charge in [0.05, 0.1) is 13.2 Å². The topological polar surface area (TPSA) is 110 Å². The van der Waals surface area contributed by atoms with Crippen LogP contribution in [0.25, 0.3) is 5.52 Å². The first-order valence-electron chi connectivity index (χ1n) is 9.97. The number of rotatable bonds is 6. The van der Waals surface area contributed by atoms with Crippen molar-refractivity contribution in [3.63, 3.8) is 0 Å². The summed E-state index contributed by atoms with van der Waals surface area (Å²) in [4.78, 5) is 15.9. The Balaban J connectivity index is 0.000000411. The fourth-order valence-electron chi connectivity index (χ4n) is 3.38. The summed E-state index contributed by atoms with van der Waals surface area (Å²) < 4.78 is 11.2. The summed E-state index contributed by atoms with van der Waals surface area (Å²) in [5, 5.41) is 15.5. The summed E-state index contributed by atoms with van der Waals surface area (Å²) in [6.07, 6.45) is 13.7. The Morgan fingerprint density at radius 1 is 1.29 bits per heavy atom. The van der Waals surface area contributed by atoms with Gasteiger partial charge in [-0.1, -0.05) is 0 Å². The second kappa shape index (κ2) is 10.4. The molecule has 2 fully saturated rings. The zero-order valence-electron chi connectivity index (χ0n) is 17.7. The number of carbonyl (C=O) groups excluding carboxylic acids is 1. The molecule has 0 bridgehead atoms. The highest BCUT2D eigenvalue weighted by molar-refractivity contribution is 5.73. The molecule has 0 unspecified atom stereocenters. The van der Waals surface area contributed by atoms with E-state index in [1.54, 1.807) is 7.11 Å². The van der Waals surface area contributed by atoms with E-state index in [-0.39, 0.29) is 6.10 Å². The van der Waals surface area contributed by atoms with Crippen molar-refractivity contribution in [3.8, 4) is 12.8 Å². The minimum Gasteiger partial charge on any atom is -0.471 e. The predicted molar refractivity (Wildman–Crippen MR) is 117 cm³/mol. The molecule has 1 aliphatic heterocycles. The number of anilines is 3.